The van der Waals surface area contributed by atoms with Crippen molar-refractivity contribution in [2.24, 2.45) is 0 Å². The first-order chi connectivity index (χ1) is 4.18. The summed E-state index contributed by atoms with van der Waals surface area (Å²) >= 11 is 6.62. The molecule has 0 aliphatic carbocycles. The van der Waals surface area contributed by atoms with Crippen LogP contribution in [0, 0.1) is 0 Å². The van der Waals surface area contributed by atoms with Crippen molar-refractivity contribution in [2.45, 2.75) is 13.3 Å². The molecule has 54 valence electrons. The topological polar surface area (TPSA) is 9.23 Å². The first-order valence-corrected chi connectivity index (χ1v) is 4.26. The fraction of sp³-hybridized carbons (Fsp3) is 0.667. The second kappa shape index (κ2) is 5.45. The Morgan fingerprint density at radius 1 is 1.44 bits per heavy atom. The van der Waals surface area contributed by atoms with Crippen LogP contribution in [0.3, 0.4) is 0 Å². The summed E-state index contributed by atoms with van der Waals surface area (Å²) in [5.41, 5.74) is 1.27. The SMILES string of the molecule is COCCC(C)=C(Br)Br. The standard InChI is InChI=1S/C6H10Br2O/c1-5(6(7)8)3-4-9-2/h3-4H2,1-2H3. The van der Waals surface area contributed by atoms with Gasteiger partial charge in [-0.15, -0.1) is 0 Å². The molecule has 0 radical (unpaired) electrons. The summed E-state index contributed by atoms with van der Waals surface area (Å²) in [5.74, 6) is 0. The van der Waals surface area contributed by atoms with Gasteiger partial charge in [0.25, 0.3) is 0 Å². The average Bonchev–Trinajstić information content (AvgIpc) is 1.82. The Hall–Kier alpha value is 0.660. The highest BCUT2D eigenvalue weighted by molar-refractivity contribution is 9.28. The second-order valence-electron chi connectivity index (χ2n) is 1.78. The molecule has 0 aliphatic rings. The molecule has 0 unspecified atom stereocenters. The van der Waals surface area contributed by atoms with Crippen LogP contribution in [0.25, 0.3) is 0 Å². The van der Waals surface area contributed by atoms with Crippen molar-refractivity contribution in [2.75, 3.05) is 13.7 Å². The van der Waals surface area contributed by atoms with Gasteiger partial charge in [-0.3, -0.25) is 0 Å². The van der Waals surface area contributed by atoms with Gasteiger partial charge in [0.05, 0.1) is 3.39 Å². The third kappa shape index (κ3) is 5.12. The van der Waals surface area contributed by atoms with Crippen molar-refractivity contribution in [1.82, 2.24) is 0 Å². The van der Waals surface area contributed by atoms with Gasteiger partial charge >= 0.3 is 0 Å². The molecule has 9 heavy (non-hydrogen) atoms. The minimum Gasteiger partial charge on any atom is -0.384 e. The van der Waals surface area contributed by atoms with Crippen molar-refractivity contribution in [3.63, 3.8) is 0 Å². The molecule has 0 N–H and O–H groups in total. The molecule has 0 aliphatic heterocycles. The highest BCUT2D eigenvalue weighted by Gasteiger charge is 1.92. The number of hydrogen-bond donors (Lipinski definition) is 0. The molecule has 0 spiro atoms. The average molecular weight is 258 g/mol. The van der Waals surface area contributed by atoms with E-state index in [4.69, 9.17) is 4.74 Å². The molecule has 0 heterocycles. The van der Waals surface area contributed by atoms with E-state index in [1.54, 1.807) is 7.11 Å². The Balaban J connectivity index is 3.50. The summed E-state index contributed by atoms with van der Waals surface area (Å²) in [4.78, 5) is 0. The van der Waals surface area contributed by atoms with E-state index < -0.39 is 0 Å². The number of methoxy groups -OCH3 is 1. The van der Waals surface area contributed by atoms with E-state index in [-0.39, 0.29) is 0 Å². The lowest BCUT2D eigenvalue weighted by molar-refractivity contribution is 0.202. The summed E-state index contributed by atoms with van der Waals surface area (Å²) in [6.07, 6.45) is 0.975. The quantitative estimate of drug-likeness (QED) is 0.755. The fourth-order valence-electron chi connectivity index (χ4n) is 0.350. The van der Waals surface area contributed by atoms with Crippen LogP contribution in [0.5, 0.6) is 0 Å². The normalized spacial score (nSPS) is 9.33. The lowest BCUT2D eigenvalue weighted by Crippen LogP contribution is -1.88. The van der Waals surface area contributed by atoms with E-state index in [9.17, 15) is 0 Å². The lowest BCUT2D eigenvalue weighted by Gasteiger charge is -1.98. The number of halogens is 2. The van der Waals surface area contributed by atoms with E-state index in [2.05, 4.69) is 38.8 Å². The maximum Gasteiger partial charge on any atom is 0.0594 e. The molecule has 0 aromatic rings. The van der Waals surface area contributed by atoms with E-state index >= 15 is 0 Å². The molecule has 0 saturated heterocycles. The zero-order valence-electron chi connectivity index (χ0n) is 5.58. The van der Waals surface area contributed by atoms with Crippen LogP contribution >= 0.6 is 31.9 Å². The summed E-state index contributed by atoms with van der Waals surface area (Å²) in [6.45, 7) is 2.84. The van der Waals surface area contributed by atoms with Gasteiger partial charge in [-0.25, -0.2) is 0 Å². The summed E-state index contributed by atoms with van der Waals surface area (Å²) < 4.78 is 5.92. The van der Waals surface area contributed by atoms with Crippen molar-refractivity contribution < 1.29 is 4.74 Å². The van der Waals surface area contributed by atoms with Crippen LogP contribution in [0.1, 0.15) is 13.3 Å². The second-order valence-corrected chi connectivity index (χ2v) is 4.43. The van der Waals surface area contributed by atoms with Crippen molar-refractivity contribution in [3.05, 3.63) is 8.96 Å². The molecule has 0 amide bonds. The van der Waals surface area contributed by atoms with Gasteiger partial charge in [-0.2, -0.15) is 0 Å². The number of rotatable bonds is 3. The fourth-order valence-corrected chi connectivity index (χ4v) is 0.746. The molecule has 0 saturated carbocycles. The molecule has 0 aromatic heterocycles. The van der Waals surface area contributed by atoms with Gasteiger partial charge in [-0.1, -0.05) is 0 Å². The minimum atomic E-state index is 0.784. The van der Waals surface area contributed by atoms with Crippen molar-refractivity contribution in [3.8, 4) is 0 Å². The molecule has 3 heteroatoms. The van der Waals surface area contributed by atoms with Gasteiger partial charge in [0.15, 0.2) is 0 Å². The van der Waals surface area contributed by atoms with E-state index in [1.807, 2.05) is 0 Å². The first-order valence-electron chi connectivity index (χ1n) is 2.68. The Bertz CT molecular complexity index is 106. The smallest absolute Gasteiger partial charge is 0.0594 e. The summed E-state index contributed by atoms with van der Waals surface area (Å²) in [7, 11) is 1.70. The predicted octanol–water partition coefficient (Wildman–Crippen LogP) is 3.04. The number of hydrogen-bond acceptors (Lipinski definition) is 1. The first kappa shape index (κ1) is 9.66. The maximum atomic E-state index is 4.89. The van der Waals surface area contributed by atoms with Crippen LogP contribution in [-0.2, 0) is 4.74 Å². The highest BCUT2D eigenvalue weighted by atomic mass is 79.9. The van der Waals surface area contributed by atoms with Crippen LogP contribution in [0.15, 0.2) is 8.96 Å². The molecule has 0 atom stereocenters. The van der Waals surface area contributed by atoms with Crippen LogP contribution in [0.2, 0.25) is 0 Å². The van der Waals surface area contributed by atoms with E-state index in [1.165, 1.54) is 5.57 Å². The monoisotopic (exact) mass is 256 g/mol. The molecule has 1 nitrogen and oxygen atoms in total. The van der Waals surface area contributed by atoms with E-state index in [0.29, 0.717) is 0 Å². The van der Waals surface area contributed by atoms with Crippen molar-refractivity contribution >= 4 is 31.9 Å². The Kier molecular flexibility index (Phi) is 5.84. The lowest BCUT2D eigenvalue weighted by atomic mass is 10.3. The predicted molar refractivity (Wildman–Crippen MR) is 47.0 cm³/mol. The molecule has 0 aromatic carbocycles. The summed E-state index contributed by atoms with van der Waals surface area (Å²) in [5, 5.41) is 0. The van der Waals surface area contributed by atoms with Gasteiger partial charge < -0.3 is 4.74 Å². The largest absolute Gasteiger partial charge is 0.384 e. The number of ether oxygens (including phenoxy) is 1. The van der Waals surface area contributed by atoms with Gasteiger partial charge in [0, 0.05) is 13.7 Å². The molecule has 0 bridgehead atoms. The maximum absolute atomic E-state index is 4.89. The van der Waals surface area contributed by atoms with Crippen LogP contribution in [-0.4, -0.2) is 13.7 Å². The zero-order valence-corrected chi connectivity index (χ0v) is 8.75. The van der Waals surface area contributed by atoms with Gasteiger partial charge in [-0.05, 0) is 50.8 Å². The van der Waals surface area contributed by atoms with E-state index in [0.717, 1.165) is 16.4 Å². The van der Waals surface area contributed by atoms with Gasteiger partial charge in [0.2, 0.25) is 0 Å². The Morgan fingerprint density at radius 2 is 2.00 bits per heavy atom. The molecular weight excluding hydrogens is 248 g/mol. The molecule has 0 rings (SSSR count). The van der Waals surface area contributed by atoms with Crippen LogP contribution < -0.4 is 0 Å². The molecular formula is C6H10Br2O. The molecule has 0 fully saturated rings. The zero-order chi connectivity index (χ0) is 7.28. The Labute approximate surface area is 72.7 Å². The third-order valence-electron chi connectivity index (χ3n) is 1.00. The highest BCUT2D eigenvalue weighted by Crippen LogP contribution is 2.20. The minimum absolute atomic E-state index is 0.784. The summed E-state index contributed by atoms with van der Waals surface area (Å²) in [6, 6.07) is 0. The third-order valence-corrected chi connectivity index (χ3v) is 2.36. The van der Waals surface area contributed by atoms with Crippen LogP contribution in [0.4, 0.5) is 0 Å². The Morgan fingerprint density at radius 3 is 2.33 bits per heavy atom. The van der Waals surface area contributed by atoms with Crippen molar-refractivity contribution in [1.29, 1.82) is 0 Å². The van der Waals surface area contributed by atoms with Gasteiger partial charge in [0.1, 0.15) is 0 Å².